The molecule has 0 aliphatic carbocycles. The van der Waals surface area contributed by atoms with Gasteiger partial charge >= 0.3 is 0 Å². The Kier molecular flexibility index (Phi) is 6.64. The standard InChI is InChI=1S/C7H14O2.2ClH/c1-4-6-5-8-7(2,3)9-6;;/h6H,4-5H2,1-3H3;2*1H/t6-;;/m0../s1. The number of ether oxygens (including phenoxy) is 2. The molecule has 4 heteroatoms. The smallest absolute Gasteiger partial charge is 0.163 e. The van der Waals surface area contributed by atoms with E-state index in [-0.39, 0.29) is 30.6 Å². The van der Waals surface area contributed by atoms with Crippen LogP contribution in [0.1, 0.15) is 27.2 Å². The highest BCUT2D eigenvalue weighted by molar-refractivity contribution is 5.85. The lowest BCUT2D eigenvalue weighted by atomic mass is 10.3. The van der Waals surface area contributed by atoms with Crippen LogP contribution in [-0.4, -0.2) is 18.5 Å². The van der Waals surface area contributed by atoms with Crippen molar-refractivity contribution in [2.45, 2.75) is 39.1 Å². The van der Waals surface area contributed by atoms with Crippen LogP contribution in [0.2, 0.25) is 0 Å². The van der Waals surface area contributed by atoms with Crippen molar-refractivity contribution in [2.75, 3.05) is 6.61 Å². The highest BCUT2D eigenvalue weighted by atomic mass is 35.5. The van der Waals surface area contributed by atoms with E-state index in [4.69, 9.17) is 9.47 Å². The number of halogens is 2. The molecule has 11 heavy (non-hydrogen) atoms. The average Bonchev–Trinajstić information content (AvgIpc) is 2.10. The molecule has 0 radical (unpaired) electrons. The Morgan fingerprint density at radius 1 is 1.36 bits per heavy atom. The normalized spacial score (nSPS) is 27.0. The second-order valence-corrected chi connectivity index (χ2v) is 2.86. The molecule has 70 valence electrons. The lowest BCUT2D eigenvalue weighted by molar-refractivity contribution is -0.138. The molecule has 1 fully saturated rings. The molecule has 1 aliphatic rings. The van der Waals surface area contributed by atoms with Gasteiger partial charge in [-0.25, -0.2) is 0 Å². The van der Waals surface area contributed by atoms with E-state index in [0.29, 0.717) is 6.10 Å². The van der Waals surface area contributed by atoms with Crippen molar-refractivity contribution in [2.24, 2.45) is 0 Å². The second kappa shape index (κ2) is 5.20. The summed E-state index contributed by atoms with van der Waals surface area (Å²) in [6.07, 6.45) is 1.36. The summed E-state index contributed by atoms with van der Waals surface area (Å²) in [7, 11) is 0. The summed E-state index contributed by atoms with van der Waals surface area (Å²) in [6, 6.07) is 0. The summed E-state index contributed by atoms with van der Waals surface area (Å²) in [5.41, 5.74) is 0. The maximum Gasteiger partial charge on any atom is 0.163 e. The third-order valence-electron chi connectivity index (χ3n) is 1.52. The minimum atomic E-state index is -0.333. The number of hydrogen-bond acceptors (Lipinski definition) is 2. The predicted molar refractivity (Wildman–Crippen MR) is 49.7 cm³/mol. The Labute approximate surface area is 80.5 Å². The van der Waals surface area contributed by atoms with Crippen molar-refractivity contribution in [3.8, 4) is 0 Å². The van der Waals surface area contributed by atoms with Gasteiger partial charge in [0, 0.05) is 0 Å². The van der Waals surface area contributed by atoms with Crippen molar-refractivity contribution in [3.05, 3.63) is 0 Å². The molecule has 1 rings (SSSR count). The highest BCUT2D eigenvalue weighted by Crippen LogP contribution is 2.23. The Bertz CT molecular complexity index is 107. The van der Waals surface area contributed by atoms with Crippen LogP contribution in [0.5, 0.6) is 0 Å². The highest BCUT2D eigenvalue weighted by Gasteiger charge is 2.31. The lowest BCUT2D eigenvalue weighted by Crippen LogP contribution is -2.21. The van der Waals surface area contributed by atoms with Gasteiger partial charge in [-0.1, -0.05) is 6.92 Å². The Balaban J connectivity index is 0. The minimum Gasteiger partial charge on any atom is -0.348 e. The van der Waals surface area contributed by atoms with Crippen LogP contribution in [0.15, 0.2) is 0 Å². The summed E-state index contributed by atoms with van der Waals surface area (Å²) in [5, 5.41) is 0. The second-order valence-electron chi connectivity index (χ2n) is 2.86. The molecule has 0 aromatic carbocycles. The average molecular weight is 203 g/mol. The van der Waals surface area contributed by atoms with E-state index in [0.717, 1.165) is 13.0 Å². The van der Waals surface area contributed by atoms with Crippen molar-refractivity contribution in [1.29, 1.82) is 0 Å². The van der Waals surface area contributed by atoms with Gasteiger partial charge in [-0.2, -0.15) is 0 Å². The molecule has 0 bridgehead atoms. The van der Waals surface area contributed by atoms with Crippen LogP contribution in [-0.2, 0) is 9.47 Å². The molecule has 1 heterocycles. The van der Waals surface area contributed by atoms with Crippen LogP contribution in [0, 0.1) is 0 Å². The topological polar surface area (TPSA) is 18.5 Å². The van der Waals surface area contributed by atoms with Crippen molar-refractivity contribution in [3.63, 3.8) is 0 Å². The van der Waals surface area contributed by atoms with Gasteiger partial charge in [-0.05, 0) is 20.3 Å². The van der Waals surface area contributed by atoms with E-state index >= 15 is 0 Å². The van der Waals surface area contributed by atoms with Crippen molar-refractivity contribution < 1.29 is 9.47 Å². The number of rotatable bonds is 1. The molecule has 0 amide bonds. The molecule has 1 saturated heterocycles. The van der Waals surface area contributed by atoms with E-state index < -0.39 is 0 Å². The SMILES string of the molecule is CC[C@H]1COC(C)(C)O1.Cl.Cl. The fraction of sp³-hybridized carbons (Fsp3) is 1.00. The molecular weight excluding hydrogens is 187 g/mol. The van der Waals surface area contributed by atoms with E-state index in [1.807, 2.05) is 13.8 Å². The fourth-order valence-electron chi connectivity index (χ4n) is 0.964. The van der Waals surface area contributed by atoms with Gasteiger partial charge in [-0.3, -0.25) is 0 Å². The lowest BCUT2D eigenvalue weighted by Gasteiger charge is -2.16. The van der Waals surface area contributed by atoms with Crippen molar-refractivity contribution in [1.82, 2.24) is 0 Å². The van der Waals surface area contributed by atoms with Gasteiger partial charge in [0.25, 0.3) is 0 Å². The molecule has 0 spiro atoms. The largest absolute Gasteiger partial charge is 0.348 e. The van der Waals surface area contributed by atoms with Crippen LogP contribution in [0.3, 0.4) is 0 Å². The summed E-state index contributed by atoms with van der Waals surface area (Å²) in [6.45, 7) is 6.75. The number of hydrogen-bond donors (Lipinski definition) is 0. The summed E-state index contributed by atoms with van der Waals surface area (Å²) in [4.78, 5) is 0. The zero-order valence-corrected chi connectivity index (χ0v) is 8.76. The molecule has 0 aromatic heterocycles. The predicted octanol–water partition coefficient (Wildman–Crippen LogP) is 2.39. The molecular formula is C7H16Cl2O2. The third kappa shape index (κ3) is 4.16. The van der Waals surface area contributed by atoms with Gasteiger partial charge in [0.1, 0.15) is 0 Å². The maximum absolute atomic E-state index is 5.48. The molecule has 1 atom stereocenters. The van der Waals surface area contributed by atoms with Gasteiger partial charge in [-0.15, -0.1) is 24.8 Å². The van der Waals surface area contributed by atoms with Crippen LogP contribution < -0.4 is 0 Å². The zero-order valence-electron chi connectivity index (χ0n) is 7.12. The summed E-state index contributed by atoms with van der Waals surface area (Å²) >= 11 is 0. The minimum absolute atomic E-state index is 0. The fourth-order valence-corrected chi connectivity index (χ4v) is 0.964. The van der Waals surface area contributed by atoms with Crippen molar-refractivity contribution >= 4 is 24.8 Å². The van der Waals surface area contributed by atoms with Gasteiger partial charge < -0.3 is 9.47 Å². The first-order valence-corrected chi connectivity index (χ1v) is 3.46. The molecule has 1 aliphatic heterocycles. The summed E-state index contributed by atoms with van der Waals surface area (Å²) < 4.78 is 10.8. The van der Waals surface area contributed by atoms with Gasteiger partial charge in [0.2, 0.25) is 0 Å². The van der Waals surface area contributed by atoms with E-state index in [1.54, 1.807) is 0 Å². The third-order valence-corrected chi connectivity index (χ3v) is 1.52. The van der Waals surface area contributed by atoms with Crippen LogP contribution in [0.25, 0.3) is 0 Å². The van der Waals surface area contributed by atoms with Crippen LogP contribution in [0.4, 0.5) is 0 Å². The Morgan fingerprint density at radius 3 is 2.09 bits per heavy atom. The first-order chi connectivity index (χ1) is 4.14. The first-order valence-electron chi connectivity index (χ1n) is 3.46. The van der Waals surface area contributed by atoms with Gasteiger partial charge in [0.15, 0.2) is 5.79 Å². The zero-order chi connectivity index (χ0) is 6.91. The van der Waals surface area contributed by atoms with E-state index in [2.05, 4.69) is 6.92 Å². The molecule has 0 saturated carbocycles. The Hall–Kier alpha value is 0.500. The molecule has 0 aromatic rings. The van der Waals surface area contributed by atoms with E-state index in [9.17, 15) is 0 Å². The monoisotopic (exact) mass is 202 g/mol. The maximum atomic E-state index is 5.48. The Morgan fingerprint density at radius 2 is 1.91 bits per heavy atom. The molecule has 0 N–H and O–H groups in total. The van der Waals surface area contributed by atoms with E-state index in [1.165, 1.54) is 0 Å². The first kappa shape index (κ1) is 14.0. The molecule has 2 nitrogen and oxygen atoms in total. The molecule has 0 unspecified atom stereocenters. The van der Waals surface area contributed by atoms with Crippen LogP contribution >= 0.6 is 24.8 Å². The summed E-state index contributed by atoms with van der Waals surface area (Å²) in [5.74, 6) is -0.333. The van der Waals surface area contributed by atoms with Gasteiger partial charge in [0.05, 0.1) is 12.7 Å². The quantitative estimate of drug-likeness (QED) is 0.651.